The Bertz CT molecular complexity index is 789. The molecular weight excluding hydrogens is 310 g/mol. The topological polar surface area (TPSA) is 57.6 Å². The molecule has 0 bridgehead atoms. The first-order valence-corrected chi connectivity index (χ1v) is 8.42. The van der Waals surface area contributed by atoms with E-state index >= 15 is 0 Å². The fraction of sp³-hybridized carbons (Fsp3) is 0.200. The highest BCUT2D eigenvalue weighted by Crippen LogP contribution is 2.39. The van der Waals surface area contributed by atoms with Crippen LogP contribution in [0.2, 0.25) is 5.02 Å². The lowest BCUT2D eigenvalue weighted by Crippen LogP contribution is -2.35. The highest BCUT2D eigenvalue weighted by molar-refractivity contribution is 7.93. The molecule has 2 aromatic carbocycles. The number of fused-ring (bicyclic) bond motifs is 1. The summed E-state index contributed by atoms with van der Waals surface area (Å²) in [7, 11) is -3.79. The molecule has 2 aromatic rings. The summed E-state index contributed by atoms with van der Waals surface area (Å²) in [5, 5.41) is 10.2. The second kappa shape index (κ2) is 5.24. The van der Waals surface area contributed by atoms with E-state index in [1.165, 1.54) is 16.4 Å². The summed E-state index contributed by atoms with van der Waals surface area (Å²) in [6, 6.07) is 11.4. The van der Waals surface area contributed by atoms with Crippen LogP contribution in [-0.2, 0) is 16.4 Å². The second-order valence-corrected chi connectivity index (χ2v) is 7.13. The molecule has 1 heterocycles. The Hall–Kier alpha value is -1.72. The van der Waals surface area contributed by atoms with Crippen LogP contribution in [0.3, 0.4) is 0 Å². The van der Waals surface area contributed by atoms with E-state index < -0.39 is 10.0 Å². The average molecular weight is 324 g/mol. The van der Waals surface area contributed by atoms with Gasteiger partial charge in [0.25, 0.3) is 10.0 Å². The number of nitrogens with zero attached hydrogens (tertiary/aromatic N) is 1. The summed E-state index contributed by atoms with van der Waals surface area (Å²) in [4.78, 5) is 0.0581. The Morgan fingerprint density at radius 1 is 1.10 bits per heavy atom. The van der Waals surface area contributed by atoms with Crippen molar-refractivity contribution in [1.82, 2.24) is 0 Å². The van der Waals surface area contributed by atoms with Gasteiger partial charge >= 0.3 is 0 Å². The van der Waals surface area contributed by atoms with Crippen LogP contribution in [0.15, 0.2) is 47.4 Å². The Morgan fingerprint density at radius 2 is 1.86 bits per heavy atom. The quantitative estimate of drug-likeness (QED) is 0.923. The molecule has 3 rings (SSSR count). The first-order valence-electron chi connectivity index (χ1n) is 6.60. The minimum Gasteiger partial charge on any atom is -0.506 e. The van der Waals surface area contributed by atoms with Crippen LogP contribution in [0.4, 0.5) is 5.69 Å². The molecule has 4 nitrogen and oxygen atoms in total. The maximum absolute atomic E-state index is 12.9. The van der Waals surface area contributed by atoms with Crippen molar-refractivity contribution in [2.75, 3.05) is 10.8 Å². The smallest absolute Gasteiger partial charge is 0.265 e. The molecule has 0 spiro atoms. The Balaban J connectivity index is 2.17. The number of hydrogen-bond donors (Lipinski definition) is 1. The number of benzene rings is 2. The van der Waals surface area contributed by atoms with Crippen molar-refractivity contribution < 1.29 is 13.5 Å². The largest absolute Gasteiger partial charge is 0.506 e. The number of rotatable bonds is 2. The van der Waals surface area contributed by atoms with Gasteiger partial charge in [-0.2, -0.15) is 0 Å². The van der Waals surface area contributed by atoms with E-state index in [1.807, 2.05) is 6.07 Å². The third kappa shape index (κ3) is 2.36. The van der Waals surface area contributed by atoms with Crippen LogP contribution in [-0.4, -0.2) is 20.1 Å². The van der Waals surface area contributed by atoms with E-state index in [0.29, 0.717) is 18.7 Å². The van der Waals surface area contributed by atoms with Crippen LogP contribution in [0.25, 0.3) is 0 Å². The van der Waals surface area contributed by atoms with Gasteiger partial charge in [-0.15, -0.1) is 0 Å². The third-order valence-corrected chi connectivity index (χ3v) is 5.86. The number of phenolic OH excluding ortho intramolecular Hbond substituents is 1. The van der Waals surface area contributed by atoms with Crippen LogP contribution in [0.5, 0.6) is 5.75 Å². The normalized spacial score (nSPS) is 14.8. The SMILES string of the molecule is O=S(=O)(c1ccccc1Cl)N1CCCc2cccc(O)c21. The van der Waals surface area contributed by atoms with E-state index in [-0.39, 0.29) is 15.7 Å². The third-order valence-electron chi connectivity index (χ3n) is 3.56. The summed E-state index contributed by atoms with van der Waals surface area (Å²) in [6.07, 6.45) is 1.46. The predicted molar refractivity (Wildman–Crippen MR) is 82.4 cm³/mol. The lowest BCUT2D eigenvalue weighted by molar-refractivity contribution is 0.472. The molecular formula is C15H14ClNO3S. The van der Waals surface area contributed by atoms with Crippen molar-refractivity contribution in [2.24, 2.45) is 0 Å². The number of phenols is 1. The molecule has 0 saturated carbocycles. The highest BCUT2D eigenvalue weighted by Gasteiger charge is 2.32. The second-order valence-electron chi connectivity index (χ2n) is 4.90. The van der Waals surface area contributed by atoms with E-state index in [2.05, 4.69) is 0 Å². The number of para-hydroxylation sites is 1. The van der Waals surface area contributed by atoms with Gasteiger partial charge in [0.1, 0.15) is 10.6 Å². The molecule has 0 atom stereocenters. The minimum atomic E-state index is -3.79. The summed E-state index contributed by atoms with van der Waals surface area (Å²) < 4.78 is 27.0. The number of hydrogen-bond acceptors (Lipinski definition) is 3. The molecule has 1 N–H and O–H groups in total. The fourth-order valence-electron chi connectivity index (χ4n) is 2.61. The molecule has 110 valence electrons. The molecule has 0 fully saturated rings. The van der Waals surface area contributed by atoms with Crippen LogP contribution in [0, 0.1) is 0 Å². The van der Waals surface area contributed by atoms with Gasteiger partial charge in [-0.05, 0) is 36.6 Å². The lowest BCUT2D eigenvalue weighted by Gasteiger charge is -2.31. The van der Waals surface area contributed by atoms with E-state index in [9.17, 15) is 13.5 Å². The molecule has 0 aliphatic carbocycles. The van der Waals surface area contributed by atoms with Crippen LogP contribution < -0.4 is 4.31 Å². The number of sulfonamides is 1. The molecule has 1 aliphatic rings. The first-order chi connectivity index (χ1) is 10.0. The van der Waals surface area contributed by atoms with Gasteiger partial charge < -0.3 is 5.11 Å². The Labute approximate surface area is 128 Å². The van der Waals surface area contributed by atoms with E-state index in [0.717, 1.165) is 12.0 Å². The summed E-state index contributed by atoms with van der Waals surface area (Å²) >= 11 is 6.03. The van der Waals surface area contributed by atoms with Crippen molar-refractivity contribution >= 4 is 27.3 Å². The fourth-order valence-corrected chi connectivity index (χ4v) is 4.66. The van der Waals surface area contributed by atoms with E-state index in [4.69, 9.17) is 11.6 Å². The van der Waals surface area contributed by atoms with E-state index in [1.54, 1.807) is 24.3 Å². The van der Waals surface area contributed by atoms with Gasteiger partial charge in [-0.3, -0.25) is 4.31 Å². The zero-order valence-corrected chi connectivity index (χ0v) is 12.7. The highest BCUT2D eigenvalue weighted by atomic mass is 35.5. The van der Waals surface area contributed by atoms with Crippen molar-refractivity contribution in [3.63, 3.8) is 0 Å². The maximum Gasteiger partial charge on any atom is 0.265 e. The molecule has 0 radical (unpaired) electrons. The van der Waals surface area contributed by atoms with Crippen LogP contribution in [0.1, 0.15) is 12.0 Å². The maximum atomic E-state index is 12.9. The van der Waals surface area contributed by atoms with Crippen molar-refractivity contribution in [3.8, 4) is 5.75 Å². The van der Waals surface area contributed by atoms with Gasteiger partial charge in [0, 0.05) is 6.54 Å². The predicted octanol–water partition coefficient (Wildman–Crippen LogP) is 3.19. The van der Waals surface area contributed by atoms with Crippen LogP contribution >= 0.6 is 11.6 Å². The molecule has 6 heteroatoms. The Kier molecular flexibility index (Phi) is 3.55. The van der Waals surface area contributed by atoms with Crippen molar-refractivity contribution in [2.45, 2.75) is 17.7 Å². The summed E-state index contributed by atoms with van der Waals surface area (Å²) in [5.74, 6) is -0.0252. The molecule has 0 saturated heterocycles. The monoisotopic (exact) mass is 323 g/mol. The first kappa shape index (κ1) is 14.2. The molecule has 0 aromatic heterocycles. The number of anilines is 1. The standard InChI is InChI=1S/C15H14ClNO3S/c16-12-7-1-2-9-14(12)21(19,20)17-10-4-6-11-5-3-8-13(18)15(11)17/h1-3,5,7-9,18H,4,6,10H2. The Morgan fingerprint density at radius 3 is 2.62 bits per heavy atom. The molecule has 1 aliphatic heterocycles. The number of aryl methyl sites for hydroxylation is 1. The van der Waals surface area contributed by atoms with Gasteiger partial charge in [-0.1, -0.05) is 35.9 Å². The number of halogens is 1. The molecule has 0 amide bonds. The van der Waals surface area contributed by atoms with Gasteiger partial charge in [0.05, 0.1) is 10.7 Å². The zero-order chi connectivity index (χ0) is 15.0. The van der Waals surface area contributed by atoms with Gasteiger partial charge in [0.15, 0.2) is 0 Å². The zero-order valence-electron chi connectivity index (χ0n) is 11.2. The summed E-state index contributed by atoms with van der Waals surface area (Å²) in [6.45, 7) is 0.331. The van der Waals surface area contributed by atoms with Gasteiger partial charge in [-0.25, -0.2) is 8.42 Å². The minimum absolute atomic E-state index is 0.0252. The number of aromatic hydroxyl groups is 1. The average Bonchev–Trinajstić information content (AvgIpc) is 2.47. The van der Waals surface area contributed by atoms with Crippen molar-refractivity contribution in [1.29, 1.82) is 0 Å². The summed E-state index contributed by atoms with van der Waals surface area (Å²) in [5.41, 5.74) is 1.19. The molecule has 0 unspecified atom stereocenters. The van der Waals surface area contributed by atoms with Gasteiger partial charge in [0.2, 0.25) is 0 Å². The van der Waals surface area contributed by atoms with Crippen molar-refractivity contribution in [3.05, 3.63) is 53.1 Å². The molecule has 21 heavy (non-hydrogen) atoms. The lowest BCUT2D eigenvalue weighted by atomic mass is 10.0.